The fourth-order valence-electron chi connectivity index (χ4n) is 1.85. The molecule has 0 aliphatic carbocycles. The minimum atomic E-state index is 0.739. The number of hydrogen-bond acceptors (Lipinski definition) is 3. The Balaban J connectivity index is 2.05. The summed E-state index contributed by atoms with van der Waals surface area (Å²) in [6, 6.07) is 3.86. The molecule has 0 atom stereocenters. The van der Waals surface area contributed by atoms with Gasteiger partial charge < -0.3 is 9.32 Å². The molecule has 0 radical (unpaired) electrons. The number of aldehydes is 1. The van der Waals surface area contributed by atoms with Crippen molar-refractivity contribution in [3.8, 4) is 0 Å². The quantitative estimate of drug-likeness (QED) is 0.561. The third-order valence-corrected chi connectivity index (χ3v) is 2.62. The van der Waals surface area contributed by atoms with Crippen LogP contribution in [0.2, 0.25) is 0 Å². The summed E-state index contributed by atoms with van der Waals surface area (Å²) in [5.41, 5.74) is 0. The first-order chi connectivity index (χ1) is 7.40. The average Bonchev–Trinajstić information content (AvgIpc) is 2.76. The van der Waals surface area contributed by atoms with Gasteiger partial charge in [-0.1, -0.05) is 0 Å². The van der Waals surface area contributed by atoms with Gasteiger partial charge in [0.2, 0.25) is 0 Å². The van der Waals surface area contributed by atoms with Crippen molar-refractivity contribution >= 4 is 18.2 Å². The third-order valence-electron chi connectivity index (χ3n) is 2.62. The van der Waals surface area contributed by atoms with Crippen LogP contribution >= 0.6 is 0 Å². The fraction of sp³-hybridized carbons (Fsp3) is 0.417. The molecule has 1 aliphatic heterocycles. The molecule has 1 aromatic heterocycles. The van der Waals surface area contributed by atoms with Crippen LogP contribution in [-0.2, 0) is 4.79 Å². The first kappa shape index (κ1) is 10.0. The van der Waals surface area contributed by atoms with E-state index < -0.39 is 0 Å². The molecule has 1 aromatic rings. The zero-order valence-electron chi connectivity index (χ0n) is 8.69. The fourth-order valence-corrected chi connectivity index (χ4v) is 1.85. The molecule has 1 aliphatic rings. The smallest absolute Gasteiger partial charge is 0.196 e. The SMILES string of the molecule is O=CC=Cc1ccc(N2CCCCC2)o1. The van der Waals surface area contributed by atoms with Gasteiger partial charge >= 0.3 is 0 Å². The number of piperidine rings is 1. The lowest BCUT2D eigenvalue weighted by atomic mass is 10.1. The monoisotopic (exact) mass is 205 g/mol. The molecule has 2 heterocycles. The first-order valence-electron chi connectivity index (χ1n) is 5.37. The topological polar surface area (TPSA) is 33.5 Å². The molecule has 15 heavy (non-hydrogen) atoms. The summed E-state index contributed by atoms with van der Waals surface area (Å²) >= 11 is 0. The summed E-state index contributed by atoms with van der Waals surface area (Å²) in [6.45, 7) is 2.15. The van der Waals surface area contributed by atoms with Crippen molar-refractivity contribution in [1.29, 1.82) is 0 Å². The van der Waals surface area contributed by atoms with E-state index in [2.05, 4.69) is 4.90 Å². The summed E-state index contributed by atoms with van der Waals surface area (Å²) in [6.07, 6.45) is 7.66. The Morgan fingerprint density at radius 2 is 2.00 bits per heavy atom. The van der Waals surface area contributed by atoms with E-state index in [0.717, 1.165) is 31.0 Å². The summed E-state index contributed by atoms with van der Waals surface area (Å²) in [5.74, 6) is 1.66. The van der Waals surface area contributed by atoms with Crippen LogP contribution in [0.4, 0.5) is 5.88 Å². The van der Waals surface area contributed by atoms with Gasteiger partial charge in [-0.25, -0.2) is 0 Å². The van der Waals surface area contributed by atoms with Gasteiger partial charge in [0.25, 0.3) is 0 Å². The minimum absolute atomic E-state index is 0.739. The first-order valence-corrected chi connectivity index (χ1v) is 5.37. The summed E-state index contributed by atoms with van der Waals surface area (Å²) < 4.78 is 5.61. The molecule has 0 spiro atoms. The average molecular weight is 205 g/mol. The lowest BCUT2D eigenvalue weighted by Crippen LogP contribution is -2.28. The summed E-state index contributed by atoms with van der Waals surface area (Å²) in [7, 11) is 0. The Morgan fingerprint density at radius 1 is 1.20 bits per heavy atom. The van der Waals surface area contributed by atoms with Gasteiger partial charge in [-0.3, -0.25) is 4.79 Å². The normalized spacial score (nSPS) is 17.2. The third kappa shape index (κ3) is 2.49. The Kier molecular flexibility index (Phi) is 3.22. The number of carbonyl (C=O) groups excluding carboxylic acids is 1. The van der Waals surface area contributed by atoms with Crippen LogP contribution in [0.1, 0.15) is 25.0 Å². The van der Waals surface area contributed by atoms with Crippen LogP contribution in [0, 0.1) is 0 Å². The van der Waals surface area contributed by atoms with Crippen LogP contribution in [-0.4, -0.2) is 19.4 Å². The Bertz CT molecular complexity index is 348. The number of furan rings is 1. The molecule has 2 rings (SSSR count). The molecule has 0 amide bonds. The number of anilines is 1. The lowest BCUT2D eigenvalue weighted by Gasteiger charge is -2.25. The number of carbonyl (C=O) groups is 1. The second-order valence-electron chi connectivity index (χ2n) is 3.72. The highest BCUT2D eigenvalue weighted by molar-refractivity contribution is 5.72. The molecule has 80 valence electrons. The second-order valence-corrected chi connectivity index (χ2v) is 3.72. The van der Waals surface area contributed by atoms with E-state index in [-0.39, 0.29) is 0 Å². The van der Waals surface area contributed by atoms with Crippen molar-refractivity contribution in [2.45, 2.75) is 19.3 Å². The minimum Gasteiger partial charge on any atom is -0.441 e. The molecule has 3 heteroatoms. The summed E-state index contributed by atoms with van der Waals surface area (Å²) in [4.78, 5) is 12.4. The highest BCUT2D eigenvalue weighted by Crippen LogP contribution is 2.22. The Labute approximate surface area is 89.4 Å². The van der Waals surface area contributed by atoms with Crippen LogP contribution in [0.5, 0.6) is 0 Å². The van der Waals surface area contributed by atoms with Crippen molar-refractivity contribution in [3.05, 3.63) is 24.0 Å². The maximum absolute atomic E-state index is 10.1. The Hall–Kier alpha value is -1.51. The molecular weight excluding hydrogens is 190 g/mol. The number of hydrogen-bond donors (Lipinski definition) is 0. The van der Waals surface area contributed by atoms with E-state index in [1.165, 1.54) is 25.3 Å². The molecule has 3 nitrogen and oxygen atoms in total. The molecule has 1 saturated heterocycles. The van der Waals surface area contributed by atoms with Gasteiger partial charge in [0.05, 0.1) is 0 Å². The molecule has 0 bridgehead atoms. The lowest BCUT2D eigenvalue weighted by molar-refractivity contribution is -0.104. The molecule has 0 unspecified atom stereocenters. The van der Waals surface area contributed by atoms with E-state index in [1.807, 2.05) is 12.1 Å². The van der Waals surface area contributed by atoms with Gasteiger partial charge in [-0.15, -0.1) is 0 Å². The van der Waals surface area contributed by atoms with Gasteiger partial charge in [-0.05, 0) is 37.5 Å². The zero-order valence-corrected chi connectivity index (χ0v) is 8.69. The Morgan fingerprint density at radius 3 is 2.73 bits per heavy atom. The predicted molar refractivity (Wildman–Crippen MR) is 59.9 cm³/mol. The second kappa shape index (κ2) is 4.82. The van der Waals surface area contributed by atoms with Crippen molar-refractivity contribution in [2.75, 3.05) is 18.0 Å². The highest BCUT2D eigenvalue weighted by Gasteiger charge is 2.13. The largest absolute Gasteiger partial charge is 0.441 e. The van der Waals surface area contributed by atoms with Gasteiger partial charge in [0.1, 0.15) is 12.0 Å². The van der Waals surface area contributed by atoms with E-state index in [1.54, 1.807) is 6.08 Å². The van der Waals surface area contributed by atoms with Gasteiger partial charge in [0, 0.05) is 19.2 Å². The van der Waals surface area contributed by atoms with Gasteiger partial charge in [0.15, 0.2) is 5.88 Å². The van der Waals surface area contributed by atoms with Crippen molar-refractivity contribution < 1.29 is 9.21 Å². The standard InChI is InChI=1S/C12H15NO2/c14-10-4-5-11-6-7-12(15-11)13-8-2-1-3-9-13/h4-7,10H,1-3,8-9H2. The molecular formula is C12H15NO2. The van der Waals surface area contributed by atoms with Crippen molar-refractivity contribution in [2.24, 2.45) is 0 Å². The molecule has 0 aromatic carbocycles. The molecule has 0 N–H and O–H groups in total. The van der Waals surface area contributed by atoms with Crippen LogP contribution in [0.25, 0.3) is 6.08 Å². The zero-order chi connectivity index (χ0) is 10.5. The highest BCUT2D eigenvalue weighted by atomic mass is 16.4. The number of nitrogens with zero attached hydrogens (tertiary/aromatic N) is 1. The van der Waals surface area contributed by atoms with E-state index in [4.69, 9.17) is 4.42 Å². The predicted octanol–water partition coefficient (Wildman–Crippen LogP) is 2.48. The van der Waals surface area contributed by atoms with E-state index in [9.17, 15) is 4.79 Å². The summed E-state index contributed by atoms with van der Waals surface area (Å²) in [5, 5.41) is 0. The van der Waals surface area contributed by atoms with Crippen molar-refractivity contribution in [1.82, 2.24) is 0 Å². The number of rotatable bonds is 3. The van der Waals surface area contributed by atoms with E-state index >= 15 is 0 Å². The van der Waals surface area contributed by atoms with Crippen LogP contribution < -0.4 is 4.90 Å². The van der Waals surface area contributed by atoms with Gasteiger partial charge in [-0.2, -0.15) is 0 Å². The van der Waals surface area contributed by atoms with Crippen molar-refractivity contribution in [3.63, 3.8) is 0 Å². The van der Waals surface area contributed by atoms with E-state index in [0.29, 0.717) is 0 Å². The molecule has 1 fully saturated rings. The maximum Gasteiger partial charge on any atom is 0.196 e. The number of allylic oxidation sites excluding steroid dienone is 1. The molecule has 0 saturated carbocycles. The maximum atomic E-state index is 10.1. The van der Waals surface area contributed by atoms with Crippen LogP contribution in [0.15, 0.2) is 22.6 Å². The van der Waals surface area contributed by atoms with Crippen LogP contribution in [0.3, 0.4) is 0 Å².